The standard InChI is InChI=1S/C18H21Cl3FN3O4/c1-17(2,3)14-9-15(23-16(27)29-10-18(19,20)21)25(24-14)11-4-5-12(22)13(8-11)28-7-6-26/h4-5,8-9,26H,6-7,10H2,1-3H3,(H,23,27). The maximum absolute atomic E-state index is 14.0. The lowest BCUT2D eigenvalue weighted by Gasteiger charge is -2.14. The number of amides is 1. The van der Waals surface area contributed by atoms with Gasteiger partial charge in [0.2, 0.25) is 3.79 Å². The van der Waals surface area contributed by atoms with Gasteiger partial charge in [-0.05, 0) is 12.1 Å². The van der Waals surface area contributed by atoms with E-state index in [0.29, 0.717) is 11.4 Å². The second kappa shape index (κ2) is 9.38. The molecule has 2 aromatic rings. The van der Waals surface area contributed by atoms with Crippen molar-refractivity contribution in [1.29, 1.82) is 0 Å². The van der Waals surface area contributed by atoms with Crippen LogP contribution in [0.2, 0.25) is 0 Å². The van der Waals surface area contributed by atoms with E-state index < -0.39 is 22.3 Å². The van der Waals surface area contributed by atoms with Gasteiger partial charge < -0.3 is 14.6 Å². The minimum Gasteiger partial charge on any atom is -0.488 e. The molecular weight excluding hydrogens is 448 g/mol. The number of benzene rings is 1. The summed E-state index contributed by atoms with van der Waals surface area (Å²) in [5.74, 6) is -0.389. The Labute approximate surface area is 182 Å². The SMILES string of the molecule is CC(C)(C)c1cc(NC(=O)OCC(Cl)(Cl)Cl)n(-c2ccc(F)c(OCCO)c2)n1. The molecule has 1 aromatic heterocycles. The molecule has 29 heavy (non-hydrogen) atoms. The van der Waals surface area contributed by atoms with E-state index in [0.717, 1.165) is 0 Å². The number of hydrogen-bond acceptors (Lipinski definition) is 5. The van der Waals surface area contributed by atoms with Crippen molar-refractivity contribution in [3.63, 3.8) is 0 Å². The monoisotopic (exact) mass is 467 g/mol. The average molecular weight is 469 g/mol. The van der Waals surface area contributed by atoms with Gasteiger partial charge in [-0.15, -0.1) is 0 Å². The Balaban J connectivity index is 2.38. The van der Waals surface area contributed by atoms with Gasteiger partial charge in [0.1, 0.15) is 19.0 Å². The van der Waals surface area contributed by atoms with Crippen LogP contribution < -0.4 is 10.1 Å². The lowest BCUT2D eigenvalue weighted by molar-refractivity contribution is 0.163. The molecule has 7 nitrogen and oxygen atoms in total. The zero-order valence-corrected chi connectivity index (χ0v) is 18.3. The molecule has 0 atom stereocenters. The molecule has 0 aliphatic carbocycles. The predicted octanol–water partition coefficient (Wildman–Crippen LogP) is 4.60. The molecule has 0 fully saturated rings. The number of alkyl halides is 3. The zero-order valence-electron chi connectivity index (χ0n) is 16.0. The molecule has 0 saturated heterocycles. The van der Waals surface area contributed by atoms with Gasteiger partial charge >= 0.3 is 6.09 Å². The van der Waals surface area contributed by atoms with E-state index in [1.165, 1.54) is 22.9 Å². The van der Waals surface area contributed by atoms with Crippen LogP contribution in [-0.4, -0.2) is 44.6 Å². The van der Waals surface area contributed by atoms with E-state index in [2.05, 4.69) is 10.4 Å². The molecule has 0 aliphatic heterocycles. The Hall–Kier alpha value is -1.74. The van der Waals surface area contributed by atoms with E-state index >= 15 is 0 Å². The number of anilines is 1. The molecule has 1 amide bonds. The van der Waals surface area contributed by atoms with Gasteiger partial charge in [0.15, 0.2) is 11.6 Å². The molecule has 2 rings (SSSR count). The Bertz CT molecular complexity index is 863. The summed E-state index contributed by atoms with van der Waals surface area (Å²) in [7, 11) is 0. The fourth-order valence-electron chi connectivity index (χ4n) is 2.21. The largest absolute Gasteiger partial charge is 0.488 e. The van der Waals surface area contributed by atoms with Crippen molar-refractivity contribution in [2.24, 2.45) is 0 Å². The number of ether oxygens (including phenoxy) is 2. The quantitative estimate of drug-likeness (QED) is 0.605. The minimum absolute atomic E-state index is 0.0610. The number of carbonyl (C=O) groups is 1. The summed E-state index contributed by atoms with van der Waals surface area (Å²) in [6, 6.07) is 5.74. The van der Waals surface area contributed by atoms with Gasteiger partial charge in [-0.1, -0.05) is 55.6 Å². The van der Waals surface area contributed by atoms with Crippen molar-refractivity contribution >= 4 is 46.7 Å². The van der Waals surface area contributed by atoms with E-state index in [1.54, 1.807) is 6.07 Å². The topological polar surface area (TPSA) is 85.6 Å². The number of aliphatic hydroxyl groups excluding tert-OH is 1. The molecule has 0 saturated carbocycles. The van der Waals surface area contributed by atoms with Crippen LogP contribution >= 0.6 is 34.8 Å². The number of halogens is 4. The molecule has 2 N–H and O–H groups in total. The smallest absolute Gasteiger partial charge is 0.412 e. The maximum atomic E-state index is 14.0. The van der Waals surface area contributed by atoms with Crippen LogP contribution in [0.4, 0.5) is 15.0 Å². The number of aliphatic hydroxyl groups is 1. The predicted molar refractivity (Wildman–Crippen MR) is 110 cm³/mol. The van der Waals surface area contributed by atoms with Crippen molar-refractivity contribution in [3.8, 4) is 11.4 Å². The van der Waals surface area contributed by atoms with E-state index in [-0.39, 0.29) is 30.2 Å². The van der Waals surface area contributed by atoms with Gasteiger partial charge in [-0.3, -0.25) is 5.32 Å². The van der Waals surface area contributed by atoms with E-state index in [1.807, 2.05) is 20.8 Å². The third kappa shape index (κ3) is 6.92. The molecular formula is C18H21Cl3FN3O4. The normalized spacial score (nSPS) is 12.0. The van der Waals surface area contributed by atoms with E-state index in [9.17, 15) is 9.18 Å². The Morgan fingerprint density at radius 3 is 2.55 bits per heavy atom. The molecule has 0 unspecified atom stereocenters. The summed E-state index contributed by atoms with van der Waals surface area (Å²) in [6.45, 7) is 5.07. The third-order valence-corrected chi connectivity index (χ3v) is 3.91. The van der Waals surface area contributed by atoms with Crippen molar-refractivity contribution < 1.29 is 23.8 Å². The molecule has 0 bridgehead atoms. The summed E-state index contributed by atoms with van der Waals surface area (Å²) in [6.07, 6.45) is -0.850. The molecule has 1 heterocycles. The fourth-order valence-corrected chi connectivity index (χ4v) is 2.38. The first kappa shape index (κ1) is 23.5. The number of nitrogens with one attached hydrogen (secondary N) is 1. The Morgan fingerprint density at radius 1 is 1.28 bits per heavy atom. The summed E-state index contributed by atoms with van der Waals surface area (Å²) in [4.78, 5) is 12.1. The summed E-state index contributed by atoms with van der Waals surface area (Å²) >= 11 is 16.8. The fraction of sp³-hybridized carbons (Fsp3) is 0.444. The minimum atomic E-state index is -1.75. The van der Waals surface area contributed by atoms with Gasteiger partial charge in [0.05, 0.1) is 18.0 Å². The first-order chi connectivity index (χ1) is 13.4. The van der Waals surface area contributed by atoms with Crippen LogP contribution in [-0.2, 0) is 10.2 Å². The average Bonchev–Trinajstić information content (AvgIpc) is 3.03. The molecule has 11 heteroatoms. The number of carbonyl (C=O) groups excluding carboxylic acids is 1. The highest BCUT2D eigenvalue weighted by Gasteiger charge is 2.25. The van der Waals surface area contributed by atoms with Crippen molar-refractivity contribution in [3.05, 3.63) is 35.8 Å². The number of hydrogen-bond donors (Lipinski definition) is 2. The van der Waals surface area contributed by atoms with Crippen LogP contribution in [0.5, 0.6) is 5.75 Å². The zero-order chi connectivity index (χ0) is 21.8. The maximum Gasteiger partial charge on any atom is 0.412 e. The molecule has 0 aliphatic rings. The first-order valence-corrected chi connectivity index (χ1v) is 9.69. The van der Waals surface area contributed by atoms with Crippen LogP contribution in [0.3, 0.4) is 0 Å². The molecule has 0 radical (unpaired) electrons. The van der Waals surface area contributed by atoms with Gasteiger partial charge in [-0.2, -0.15) is 5.10 Å². The Morgan fingerprint density at radius 2 is 1.97 bits per heavy atom. The lowest BCUT2D eigenvalue weighted by Crippen LogP contribution is -2.22. The van der Waals surface area contributed by atoms with Crippen LogP contribution in [0.1, 0.15) is 26.5 Å². The second-order valence-electron chi connectivity index (χ2n) is 7.08. The van der Waals surface area contributed by atoms with Crippen LogP contribution in [0.15, 0.2) is 24.3 Å². The van der Waals surface area contributed by atoms with E-state index in [4.69, 9.17) is 49.4 Å². The molecule has 0 spiro atoms. The lowest BCUT2D eigenvalue weighted by atomic mass is 9.92. The van der Waals surface area contributed by atoms with Gasteiger partial charge in [0.25, 0.3) is 0 Å². The Kier molecular flexibility index (Phi) is 7.62. The molecule has 160 valence electrons. The number of aromatic nitrogens is 2. The van der Waals surface area contributed by atoms with Gasteiger partial charge in [0, 0.05) is 17.5 Å². The first-order valence-electron chi connectivity index (χ1n) is 8.55. The second-order valence-corrected chi connectivity index (χ2v) is 9.60. The summed E-state index contributed by atoms with van der Waals surface area (Å²) < 4.78 is 23.7. The summed E-state index contributed by atoms with van der Waals surface area (Å²) in [5, 5.41) is 15.9. The number of rotatable bonds is 6. The highest BCUT2D eigenvalue weighted by molar-refractivity contribution is 6.67. The van der Waals surface area contributed by atoms with Crippen LogP contribution in [0, 0.1) is 5.82 Å². The van der Waals surface area contributed by atoms with Gasteiger partial charge in [-0.25, -0.2) is 13.9 Å². The third-order valence-electron chi connectivity index (χ3n) is 3.58. The van der Waals surface area contributed by atoms with Crippen molar-refractivity contribution in [1.82, 2.24) is 9.78 Å². The number of nitrogens with zero attached hydrogens (tertiary/aromatic N) is 2. The van der Waals surface area contributed by atoms with Crippen LogP contribution in [0.25, 0.3) is 5.69 Å². The van der Waals surface area contributed by atoms with Crippen molar-refractivity contribution in [2.45, 2.75) is 30.0 Å². The highest BCUT2D eigenvalue weighted by Crippen LogP contribution is 2.29. The summed E-state index contributed by atoms with van der Waals surface area (Å²) in [5.41, 5.74) is 0.752. The highest BCUT2D eigenvalue weighted by atomic mass is 35.6. The molecule has 1 aromatic carbocycles. The van der Waals surface area contributed by atoms with Crippen molar-refractivity contribution in [2.75, 3.05) is 25.1 Å².